The number of nitrogens with zero attached hydrogens (tertiary/aromatic N) is 2. The number of carbonyl (C=O) groups is 2. The Hall–Kier alpha value is -3.80. The Labute approximate surface area is 147 Å². The van der Waals surface area contributed by atoms with E-state index in [1.165, 1.54) is 31.2 Å². The fraction of sp³-hybridized carbons (Fsp3) is 0.118. The number of esters is 1. The van der Waals surface area contributed by atoms with Gasteiger partial charge in [-0.15, -0.1) is 0 Å². The SMILES string of the molecule is C[C@@H](OC(=O)c1cccc(C#N)c1)C(=O)Nc1ccc(F)c([N+](=O)[O-])c1. The lowest BCUT2D eigenvalue weighted by Crippen LogP contribution is -2.30. The Morgan fingerprint density at radius 2 is 2.04 bits per heavy atom. The van der Waals surface area contributed by atoms with Gasteiger partial charge in [-0.2, -0.15) is 9.65 Å². The molecule has 0 heterocycles. The van der Waals surface area contributed by atoms with Crippen molar-refractivity contribution in [2.75, 3.05) is 5.32 Å². The topological polar surface area (TPSA) is 122 Å². The largest absolute Gasteiger partial charge is 0.449 e. The lowest BCUT2D eigenvalue weighted by atomic mass is 10.1. The summed E-state index contributed by atoms with van der Waals surface area (Å²) in [5.41, 5.74) is -0.450. The third kappa shape index (κ3) is 4.39. The first kappa shape index (κ1) is 18.5. The van der Waals surface area contributed by atoms with Crippen molar-refractivity contribution in [3.63, 3.8) is 0 Å². The molecule has 2 rings (SSSR count). The number of hydrogen-bond donors (Lipinski definition) is 1. The molecule has 0 unspecified atom stereocenters. The summed E-state index contributed by atoms with van der Waals surface area (Å²) in [6, 6.07) is 10.5. The number of ether oxygens (including phenoxy) is 1. The lowest BCUT2D eigenvalue weighted by Gasteiger charge is -2.13. The molecule has 0 aliphatic carbocycles. The van der Waals surface area contributed by atoms with Gasteiger partial charge in [-0.3, -0.25) is 14.9 Å². The van der Waals surface area contributed by atoms with Crippen molar-refractivity contribution in [3.8, 4) is 6.07 Å². The van der Waals surface area contributed by atoms with Crippen LogP contribution in [-0.4, -0.2) is 22.9 Å². The average Bonchev–Trinajstić information content (AvgIpc) is 2.62. The maximum Gasteiger partial charge on any atom is 0.338 e. The first-order valence-electron chi connectivity index (χ1n) is 7.27. The highest BCUT2D eigenvalue weighted by molar-refractivity contribution is 5.97. The Bertz CT molecular complexity index is 923. The Morgan fingerprint density at radius 3 is 2.69 bits per heavy atom. The highest BCUT2D eigenvalue weighted by atomic mass is 19.1. The van der Waals surface area contributed by atoms with Gasteiger partial charge in [0.25, 0.3) is 5.91 Å². The number of hydrogen-bond acceptors (Lipinski definition) is 6. The first-order chi connectivity index (χ1) is 12.3. The molecule has 1 N–H and O–H groups in total. The van der Waals surface area contributed by atoms with Crippen molar-refractivity contribution in [3.05, 3.63) is 69.5 Å². The van der Waals surface area contributed by atoms with Crippen molar-refractivity contribution >= 4 is 23.3 Å². The number of rotatable bonds is 5. The molecule has 0 saturated carbocycles. The van der Waals surface area contributed by atoms with E-state index in [4.69, 9.17) is 10.00 Å². The fourth-order valence-corrected chi connectivity index (χ4v) is 1.97. The minimum absolute atomic E-state index is 0.0162. The molecule has 0 bridgehead atoms. The number of nitro benzene ring substituents is 1. The summed E-state index contributed by atoms with van der Waals surface area (Å²) in [6.45, 7) is 1.30. The van der Waals surface area contributed by atoms with E-state index in [0.29, 0.717) is 0 Å². The number of nitrogens with one attached hydrogen (secondary N) is 1. The molecule has 2 aromatic rings. The van der Waals surface area contributed by atoms with Crippen LogP contribution in [0.25, 0.3) is 0 Å². The molecule has 0 fully saturated rings. The summed E-state index contributed by atoms with van der Waals surface area (Å²) in [6.07, 6.45) is -1.22. The van der Waals surface area contributed by atoms with Gasteiger partial charge in [-0.25, -0.2) is 4.79 Å². The van der Waals surface area contributed by atoms with Gasteiger partial charge in [0.1, 0.15) is 0 Å². The second kappa shape index (κ2) is 7.85. The monoisotopic (exact) mass is 357 g/mol. The zero-order valence-corrected chi connectivity index (χ0v) is 13.4. The molecular formula is C17H12FN3O5. The Balaban J connectivity index is 2.05. The van der Waals surface area contributed by atoms with Gasteiger partial charge in [0, 0.05) is 11.8 Å². The van der Waals surface area contributed by atoms with Crippen LogP contribution in [0.1, 0.15) is 22.8 Å². The second-order valence-electron chi connectivity index (χ2n) is 5.15. The third-order valence-corrected chi connectivity index (χ3v) is 3.29. The highest BCUT2D eigenvalue weighted by Gasteiger charge is 2.21. The minimum atomic E-state index is -1.22. The van der Waals surface area contributed by atoms with E-state index >= 15 is 0 Å². The van der Waals surface area contributed by atoms with Crippen LogP contribution >= 0.6 is 0 Å². The van der Waals surface area contributed by atoms with Crippen LogP contribution in [0.4, 0.5) is 15.8 Å². The Morgan fingerprint density at radius 1 is 1.31 bits per heavy atom. The molecule has 0 radical (unpaired) electrons. The van der Waals surface area contributed by atoms with Gasteiger partial charge >= 0.3 is 11.7 Å². The van der Waals surface area contributed by atoms with Crippen LogP contribution in [0.3, 0.4) is 0 Å². The molecule has 0 aromatic heterocycles. The van der Waals surface area contributed by atoms with Crippen LogP contribution < -0.4 is 5.32 Å². The molecule has 0 saturated heterocycles. The molecule has 26 heavy (non-hydrogen) atoms. The average molecular weight is 357 g/mol. The first-order valence-corrected chi connectivity index (χ1v) is 7.27. The normalized spacial score (nSPS) is 11.1. The van der Waals surface area contributed by atoms with E-state index in [9.17, 15) is 24.1 Å². The predicted molar refractivity (Wildman–Crippen MR) is 87.7 cm³/mol. The van der Waals surface area contributed by atoms with Crippen LogP contribution in [-0.2, 0) is 9.53 Å². The predicted octanol–water partition coefficient (Wildman–Crippen LogP) is 2.79. The maximum absolute atomic E-state index is 13.3. The maximum atomic E-state index is 13.3. The van der Waals surface area contributed by atoms with Gasteiger partial charge in [0.2, 0.25) is 5.82 Å². The van der Waals surface area contributed by atoms with E-state index in [1.54, 1.807) is 0 Å². The summed E-state index contributed by atoms with van der Waals surface area (Å²) in [4.78, 5) is 33.9. The number of halogens is 1. The quantitative estimate of drug-likeness (QED) is 0.499. The van der Waals surface area contributed by atoms with Gasteiger partial charge < -0.3 is 10.1 Å². The molecule has 132 valence electrons. The minimum Gasteiger partial charge on any atom is -0.449 e. The van der Waals surface area contributed by atoms with Crippen LogP contribution in [0.15, 0.2) is 42.5 Å². The van der Waals surface area contributed by atoms with Crippen molar-refractivity contribution in [1.29, 1.82) is 5.26 Å². The van der Waals surface area contributed by atoms with Crippen LogP contribution in [0.2, 0.25) is 0 Å². The second-order valence-corrected chi connectivity index (χ2v) is 5.15. The summed E-state index contributed by atoms with van der Waals surface area (Å²) in [5, 5.41) is 21.8. The van der Waals surface area contributed by atoms with E-state index in [1.807, 2.05) is 6.07 Å². The van der Waals surface area contributed by atoms with Crippen molar-refractivity contribution in [2.45, 2.75) is 13.0 Å². The van der Waals surface area contributed by atoms with E-state index in [0.717, 1.165) is 18.2 Å². The molecular weight excluding hydrogens is 345 g/mol. The van der Waals surface area contributed by atoms with Crippen LogP contribution in [0.5, 0.6) is 0 Å². The van der Waals surface area contributed by atoms with Gasteiger partial charge in [-0.05, 0) is 37.3 Å². The number of amides is 1. The van der Waals surface area contributed by atoms with Crippen molar-refractivity contribution in [2.24, 2.45) is 0 Å². The summed E-state index contributed by atoms with van der Waals surface area (Å²) < 4.78 is 18.3. The van der Waals surface area contributed by atoms with E-state index in [-0.39, 0.29) is 16.8 Å². The Kier molecular flexibility index (Phi) is 5.60. The molecule has 0 aliphatic rings. The van der Waals surface area contributed by atoms with Crippen LogP contribution in [0, 0.1) is 27.3 Å². The summed E-state index contributed by atoms with van der Waals surface area (Å²) in [7, 11) is 0. The third-order valence-electron chi connectivity index (χ3n) is 3.29. The van der Waals surface area contributed by atoms with Crippen molar-refractivity contribution < 1.29 is 23.6 Å². The zero-order chi connectivity index (χ0) is 19.3. The molecule has 1 amide bonds. The van der Waals surface area contributed by atoms with Gasteiger partial charge in [-0.1, -0.05) is 6.07 Å². The van der Waals surface area contributed by atoms with E-state index in [2.05, 4.69) is 5.32 Å². The molecule has 9 heteroatoms. The number of benzene rings is 2. The smallest absolute Gasteiger partial charge is 0.338 e. The molecule has 1 atom stereocenters. The zero-order valence-electron chi connectivity index (χ0n) is 13.4. The van der Waals surface area contributed by atoms with E-state index < -0.39 is 34.4 Å². The summed E-state index contributed by atoms with van der Waals surface area (Å²) in [5.74, 6) is -2.60. The molecule has 0 aliphatic heterocycles. The number of carbonyl (C=O) groups excluding carboxylic acids is 2. The highest BCUT2D eigenvalue weighted by Crippen LogP contribution is 2.22. The summed E-state index contributed by atoms with van der Waals surface area (Å²) >= 11 is 0. The lowest BCUT2D eigenvalue weighted by molar-refractivity contribution is -0.387. The number of nitriles is 1. The molecule has 0 spiro atoms. The van der Waals surface area contributed by atoms with Gasteiger partial charge in [0.05, 0.1) is 22.1 Å². The standard InChI is InChI=1S/C17H12FN3O5/c1-10(26-17(23)12-4-2-3-11(7-12)9-19)16(22)20-13-5-6-14(18)15(8-13)21(24)25/h2-8,10H,1H3,(H,20,22)/t10-/m1/s1. The van der Waals surface area contributed by atoms with Crippen molar-refractivity contribution in [1.82, 2.24) is 0 Å². The fourth-order valence-electron chi connectivity index (χ4n) is 1.97. The number of anilines is 1. The van der Waals surface area contributed by atoms with Gasteiger partial charge in [0.15, 0.2) is 6.10 Å². The molecule has 8 nitrogen and oxygen atoms in total. The molecule has 2 aromatic carbocycles. The number of nitro groups is 1.